The fourth-order valence-corrected chi connectivity index (χ4v) is 0.745. The first-order valence-corrected chi connectivity index (χ1v) is 3.76. The quantitative estimate of drug-likeness (QED) is 0.544. The molecule has 0 spiro atoms. The minimum absolute atomic E-state index is 0.0291. The summed E-state index contributed by atoms with van der Waals surface area (Å²) in [4.78, 5) is 20.8. The van der Waals surface area contributed by atoms with Gasteiger partial charge in [0.1, 0.15) is 12.0 Å². The second kappa shape index (κ2) is 4.92. The average Bonchev–Trinajstić information content (AvgIpc) is 2.64. The normalized spacial score (nSPS) is 10.2. The van der Waals surface area contributed by atoms with E-state index in [9.17, 15) is 9.59 Å². The molecule has 1 N–H and O–H groups in total. The van der Waals surface area contributed by atoms with Gasteiger partial charge in [-0.05, 0) is 18.2 Å². The summed E-state index contributed by atoms with van der Waals surface area (Å²) in [6.45, 7) is 0.0291. The molecule has 0 bridgehead atoms. The maximum atomic E-state index is 10.9. The molecule has 1 rings (SSSR count). The molecule has 13 heavy (non-hydrogen) atoms. The lowest BCUT2D eigenvalue weighted by atomic mass is 10.4. The van der Waals surface area contributed by atoms with Gasteiger partial charge in [0.15, 0.2) is 0 Å². The van der Waals surface area contributed by atoms with Crippen molar-refractivity contribution in [1.82, 2.24) is 5.32 Å². The van der Waals surface area contributed by atoms with Gasteiger partial charge >= 0.3 is 0 Å². The van der Waals surface area contributed by atoms with Crippen LogP contribution in [0.25, 0.3) is 6.08 Å². The van der Waals surface area contributed by atoms with E-state index in [2.05, 4.69) is 5.32 Å². The number of hydrogen-bond acceptors (Lipinski definition) is 3. The minimum Gasteiger partial charge on any atom is -0.465 e. The molecule has 0 radical (unpaired) electrons. The molecule has 68 valence electrons. The first kappa shape index (κ1) is 9.25. The molecule has 1 heterocycles. The van der Waals surface area contributed by atoms with E-state index in [1.165, 1.54) is 18.4 Å². The topological polar surface area (TPSA) is 59.3 Å². The van der Waals surface area contributed by atoms with Gasteiger partial charge in [-0.25, -0.2) is 0 Å². The number of rotatable bonds is 4. The second-order valence-electron chi connectivity index (χ2n) is 2.26. The fourth-order valence-electron chi connectivity index (χ4n) is 0.745. The van der Waals surface area contributed by atoms with E-state index in [1.807, 2.05) is 0 Å². The van der Waals surface area contributed by atoms with Crippen molar-refractivity contribution >= 4 is 18.3 Å². The number of aldehydes is 1. The molecular weight excluding hydrogens is 170 g/mol. The number of furan rings is 1. The van der Waals surface area contributed by atoms with Gasteiger partial charge in [0, 0.05) is 6.08 Å². The van der Waals surface area contributed by atoms with E-state index in [1.54, 1.807) is 12.1 Å². The highest BCUT2D eigenvalue weighted by Crippen LogP contribution is 2.01. The van der Waals surface area contributed by atoms with Gasteiger partial charge in [-0.2, -0.15) is 0 Å². The van der Waals surface area contributed by atoms with Crippen molar-refractivity contribution in [2.75, 3.05) is 6.54 Å². The van der Waals surface area contributed by atoms with Crippen LogP contribution in [0.2, 0.25) is 0 Å². The lowest BCUT2D eigenvalue weighted by Gasteiger charge is -1.92. The Hall–Kier alpha value is -1.84. The van der Waals surface area contributed by atoms with Crippen LogP contribution >= 0.6 is 0 Å². The van der Waals surface area contributed by atoms with Gasteiger partial charge in [0.2, 0.25) is 5.91 Å². The Kier molecular flexibility index (Phi) is 3.50. The Balaban J connectivity index is 2.39. The highest BCUT2D eigenvalue weighted by atomic mass is 16.3. The Bertz CT molecular complexity index is 301. The molecular formula is C9H9NO3. The Morgan fingerprint density at radius 1 is 1.62 bits per heavy atom. The molecule has 0 fully saturated rings. The van der Waals surface area contributed by atoms with Crippen LogP contribution in [0.1, 0.15) is 5.76 Å². The van der Waals surface area contributed by atoms with E-state index < -0.39 is 0 Å². The lowest BCUT2D eigenvalue weighted by molar-refractivity contribution is -0.118. The van der Waals surface area contributed by atoms with Crippen LogP contribution in [-0.2, 0) is 9.59 Å². The van der Waals surface area contributed by atoms with Crippen LogP contribution in [0, 0.1) is 0 Å². The summed E-state index contributed by atoms with van der Waals surface area (Å²) in [5.74, 6) is 0.282. The van der Waals surface area contributed by atoms with Crippen molar-refractivity contribution in [2.24, 2.45) is 0 Å². The molecule has 0 aliphatic carbocycles. The van der Waals surface area contributed by atoms with Gasteiger partial charge in [-0.1, -0.05) is 0 Å². The number of hydrogen-bond donors (Lipinski definition) is 1. The van der Waals surface area contributed by atoms with E-state index in [0.29, 0.717) is 12.0 Å². The zero-order valence-electron chi connectivity index (χ0n) is 6.90. The van der Waals surface area contributed by atoms with Crippen molar-refractivity contribution in [3.8, 4) is 0 Å². The molecule has 0 unspecified atom stereocenters. The third-order valence-electron chi connectivity index (χ3n) is 1.30. The predicted molar refractivity (Wildman–Crippen MR) is 46.8 cm³/mol. The van der Waals surface area contributed by atoms with Crippen LogP contribution in [0.15, 0.2) is 28.9 Å². The van der Waals surface area contributed by atoms with E-state index in [0.717, 1.165) is 0 Å². The molecule has 0 saturated carbocycles. The number of amides is 1. The summed E-state index contributed by atoms with van der Waals surface area (Å²) in [6, 6.07) is 3.45. The van der Waals surface area contributed by atoms with Gasteiger partial charge < -0.3 is 14.5 Å². The van der Waals surface area contributed by atoms with Crippen molar-refractivity contribution in [3.05, 3.63) is 30.2 Å². The zero-order chi connectivity index (χ0) is 9.52. The smallest absolute Gasteiger partial charge is 0.244 e. The minimum atomic E-state index is -0.316. The molecule has 1 aromatic rings. The van der Waals surface area contributed by atoms with Gasteiger partial charge in [-0.15, -0.1) is 0 Å². The third kappa shape index (κ3) is 3.37. The monoisotopic (exact) mass is 179 g/mol. The van der Waals surface area contributed by atoms with Crippen LogP contribution < -0.4 is 5.32 Å². The van der Waals surface area contributed by atoms with Crippen LogP contribution in [0.3, 0.4) is 0 Å². The molecule has 4 heteroatoms. The van der Waals surface area contributed by atoms with Crippen molar-refractivity contribution in [1.29, 1.82) is 0 Å². The van der Waals surface area contributed by atoms with Crippen LogP contribution in [-0.4, -0.2) is 18.7 Å². The van der Waals surface area contributed by atoms with E-state index >= 15 is 0 Å². The summed E-state index contributed by atoms with van der Waals surface area (Å²) in [5, 5.41) is 2.36. The summed E-state index contributed by atoms with van der Waals surface area (Å²) in [7, 11) is 0. The van der Waals surface area contributed by atoms with Crippen LogP contribution in [0.5, 0.6) is 0 Å². The molecule has 0 aliphatic rings. The highest BCUT2D eigenvalue weighted by molar-refractivity contribution is 5.92. The number of nitrogens with one attached hydrogen (secondary N) is 1. The molecule has 4 nitrogen and oxygen atoms in total. The SMILES string of the molecule is O=CCNC(=O)/C=C/c1ccco1. The standard InChI is InChI=1S/C9H9NO3/c11-6-5-10-9(12)4-3-8-2-1-7-13-8/h1-4,6-7H,5H2,(H,10,12)/b4-3+. The molecule has 0 aromatic carbocycles. The maximum Gasteiger partial charge on any atom is 0.244 e. The Morgan fingerprint density at radius 3 is 3.08 bits per heavy atom. The zero-order valence-corrected chi connectivity index (χ0v) is 6.90. The van der Waals surface area contributed by atoms with Crippen molar-refractivity contribution in [2.45, 2.75) is 0 Å². The molecule has 1 aromatic heterocycles. The first-order chi connectivity index (χ1) is 6.33. The Morgan fingerprint density at radius 2 is 2.46 bits per heavy atom. The lowest BCUT2D eigenvalue weighted by Crippen LogP contribution is -2.22. The summed E-state index contributed by atoms with van der Waals surface area (Å²) in [5.41, 5.74) is 0. The summed E-state index contributed by atoms with van der Waals surface area (Å²) in [6.07, 6.45) is 4.98. The average molecular weight is 179 g/mol. The maximum absolute atomic E-state index is 10.9. The largest absolute Gasteiger partial charge is 0.465 e. The second-order valence-corrected chi connectivity index (χ2v) is 2.26. The first-order valence-electron chi connectivity index (χ1n) is 3.76. The van der Waals surface area contributed by atoms with Crippen molar-refractivity contribution < 1.29 is 14.0 Å². The summed E-state index contributed by atoms with van der Waals surface area (Å²) < 4.78 is 4.95. The highest BCUT2D eigenvalue weighted by Gasteiger charge is 1.93. The van der Waals surface area contributed by atoms with E-state index in [-0.39, 0.29) is 12.5 Å². The van der Waals surface area contributed by atoms with Crippen LogP contribution in [0.4, 0.5) is 0 Å². The Labute approximate surface area is 75.2 Å². The predicted octanol–water partition coefficient (Wildman–Crippen LogP) is 0.608. The third-order valence-corrected chi connectivity index (χ3v) is 1.30. The van der Waals surface area contributed by atoms with Gasteiger partial charge in [0.05, 0.1) is 12.8 Å². The molecule has 0 aliphatic heterocycles. The molecule has 0 saturated heterocycles. The summed E-state index contributed by atoms with van der Waals surface area (Å²) >= 11 is 0. The molecule has 1 amide bonds. The number of carbonyl (C=O) groups excluding carboxylic acids is 2. The van der Waals surface area contributed by atoms with E-state index in [4.69, 9.17) is 4.42 Å². The molecule has 0 atom stereocenters. The van der Waals surface area contributed by atoms with Crippen molar-refractivity contribution in [3.63, 3.8) is 0 Å². The van der Waals surface area contributed by atoms with Gasteiger partial charge in [0.25, 0.3) is 0 Å². The van der Waals surface area contributed by atoms with Gasteiger partial charge in [-0.3, -0.25) is 4.79 Å². The fraction of sp³-hybridized carbons (Fsp3) is 0.111. The number of carbonyl (C=O) groups is 2.